The first-order valence-corrected chi connectivity index (χ1v) is 9.17. The van der Waals surface area contributed by atoms with Crippen LogP contribution in [-0.2, 0) is 6.61 Å². The number of para-hydroxylation sites is 1. The molecule has 0 amide bonds. The molecule has 0 N–H and O–H groups in total. The zero-order chi connectivity index (χ0) is 19.2. The number of benzene rings is 3. The van der Waals surface area contributed by atoms with E-state index in [9.17, 15) is 5.26 Å². The van der Waals surface area contributed by atoms with Gasteiger partial charge in [-0.05, 0) is 36.8 Å². The van der Waals surface area contributed by atoms with Gasteiger partial charge in [-0.25, -0.2) is 0 Å². The summed E-state index contributed by atoms with van der Waals surface area (Å²) in [6, 6.07) is 23.1. The van der Waals surface area contributed by atoms with Crippen molar-refractivity contribution in [1.29, 1.82) is 5.26 Å². The van der Waals surface area contributed by atoms with Crippen LogP contribution in [0.5, 0.6) is 5.75 Å². The average molecular weight is 394 g/mol. The third-order valence-corrected chi connectivity index (χ3v) is 4.62. The van der Waals surface area contributed by atoms with Crippen LogP contribution in [-0.4, -0.2) is 0 Å². The van der Waals surface area contributed by atoms with Crippen molar-refractivity contribution in [2.24, 2.45) is 0 Å². The predicted octanol–water partition coefficient (Wildman–Crippen LogP) is 6.95. The molecular weight excluding hydrogens is 377 g/mol. The average Bonchev–Trinajstić information content (AvgIpc) is 2.67. The smallest absolute Gasteiger partial charge is 0.127 e. The normalized spacial score (nSPS) is 11.1. The lowest BCUT2D eigenvalue weighted by atomic mass is 10.0. The maximum absolute atomic E-state index is 9.61. The van der Waals surface area contributed by atoms with Crippen LogP contribution in [0.1, 0.15) is 22.3 Å². The molecule has 0 saturated heterocycles. The summed E-state index contributed by atoms with van der Waals surface area (Å²) in [4.78, 5) is 0. The quantitative estimate of drug-likeness (QED) is 0.347. The second-order valence-electron chi connectivity index (χ2n) is 6.11. The Kier molecular flexibility index (Phi) is 6.19. The van der Waals surface area contributed by atoms with Crippen LogP contribution in [0.15, 0.2) is 66.7 Å². The fourth-order valence-corrected chi connectivity index (χ4v) is 3.12. The van der Waals surface area contributed by atoms with E-state index in [1.54, 1.807) is 24.3 Å². The predicted molar refractivity (Wildman–Crippen MR) is 112 cm³/mol. The van der Waals surface area contributed by atoms with E-state index in [0.29, 0.717) is 33.5 Å². The molecule has 4 heteroatoms. The van der Waals surface area contributed by atoms with Crippen LogP contribution in [0, 0.1) is 18.3 Å². The topological polar surface area (TPSA) is 33.0 Å². The number of nitriles is 1. The van der Waals surface area contributed by atoms with Crippen LogP contribution >= 0.6 is 23.2 Å². The summed E-state index contributed by atoms with van der Waals surface area (Å²) < 4.78 is 5.99. The third kappa shape index (κ3) is 4.92. The minimum atomic E-state index is 0.438. The molecule has 0 aliphatic rings. The van der Waals surface area contributed by atoms with Gasteiger partial charge in [-0.15, -0.1) is 0 Å². The molecule has 0 aliphatic carbocycles. The largest absolute Gasteiger partial charge is 0.488 e. The standard InChI is InChI=1S/C23H17Cl2NO/c1-16-6-8-17(9-7-16)15-27-23-5-3-2-4-18(23)12-19(14-26)21-11-10-20(24)13-22(21)25/h2-13H,15H2,1H3/b19-12+. The Morgan fingerprint density at radius 3 is 2.48 bits per heavy atom. The lowest BCUT2D eigenvalue weighted by Crippen LogP contribution is -1.97. The van der Waals surface area contributed by atoms with E-state index in [1.165, 1.54) is 5.56 Å². The summed E-state index contributed by atoms with van der Waals surface area (Å²) in [7, 11) is 0. The minimum absolute atomic E-state index is 0.438. The van der Waals surface area contributed by atoms with E-state index in [2.05, 4.69) is 25.1 Å². The van der Waals surface area contributed by atoms with Crippen molar-refractivity contribution < 1.29 is 4.74 Å². The van der Waals surface area contributed by atoms with Crippen molar-refractivity contribution >= 4 is 34.9 Å². The highest BCUT2D eigenvalue weighted by atomic mass is 35.5. The summed E-state index contributed by atoms with van der Waals surface area (Å²) in [6.07, 6.45) is 1.78. The van der Waals surface area contributed by atoms with Gasteiger partial charge in [0.05, 0.1) is 16.7 Å². The highest BCUT2D eigenvalue weighted by Gasteiger charge is 2.09. The molecule has 0 fully saturated rings. The Balaban J connectivity index is 1.88. The molecule has 3 aromatic rings. The van der Waals surface area contributed by atoms with Crippen molar-refractivity contribution in [3.05, 3.63) is 99.0 Å². The summed E-state index contributed by atoms with van der Waals surface area (Å²) in [5.41, 5.74) is 4.19. The Hall–Kier alpha value is -2.73. The third-order valence-electron chi connectivity index (χ3n) is 4.08. The van der Waals surface area contributed by atoms with Crippen LogP contribution in [0.3, 0.4) is 0 Å². The van der Waals surface area contributed by atoms with Crippen molar-refractivity contribution in [1.82, 2.24) is 0 Å². The fraction of sp³-hybridized carbons (Fsp3) is 0.0870. The first-order chi connectivity index (χ1) is 13.1. The number of halogens is 2. The maximum atomic E-state index is 9.61. The van der Waals surface area contributed by atoms with Gasteiger partial charge in [-0.1, -0.05) is 77.3 Å². The van der Waals surface area contributed by atoms with Gasteiger partial charge in [0.1, 0.15) is 12.4 Å². The molecule has 134 valence electrons. The van der Waals surface area contributed by atoms with Crippen LogP contribution in [0.25, 0.3) is 11.6 Å². The number of aryl methyl sites for hydroxylation is 1. The van der Waals surface area contributed by atoms with E-state index in [1.807, 2.05) is 36.4 Å². The number of nitrogens with zero attached hydrogens (tertiary/aromatic N) is 1. The monoisotopic (exact) mass is 393 g/mol. The van der Waals surface area contributed by atoms with Crippen LogP contribution < -0.4 is 4.74 Å². The van der Waals surface area contributed by atoms with Gasteiger partial charge in [-0.3, -0.25) is 0 Å². The second-order valence-corrected chi connectivity index (χ2v) is 6.95. The molecular formula is C23H17Cl2NO. The molecule has 2 nitrogen and oxygen atoms in total. The molecule has 0 spiro atoms. The summed E-state index contributed by atoms with van der Waals surface area (Å²) in [5.74, 6) is 0.705. The molecule has 0 aliphatic heterocycles. The lowest BCUT2D eigenvalue weighted by Gasteiger charge is -2.10. The van der Waals surface area contributed by atoms with Gasteiger partial charge in [0.2, 0.25) is 0 Å². The first-order valence-electron chi connectivity index (χ1n) is 8.41. The Morgan fingerprint density at radius 2 is 1.78 bits per heavy atom. The highest BCUT2D eigenvalue weighted by molar-refractivity contribution is 6.36. The number of rotatable bonds is 5. The molecule has 0 saturated carbocycles. The number of hydrogen-bond donors (Lipinski definition) is 0. The van der Waals surface area contributed by atoms with Gasteiger partial charge in [0, 0.05) is 16.1 Å². The highest BCUT2D eigenvalue weighted by Crippen LogP contribution is 2.30. The first kappa shape index (κ1) is 19.0. The van der Waals surface area contributed by atoms with Gasteiger partial charge in [0.15, 0.2) is 0 Å². The molecule has 0 atom stereocenters. The summed E-state index contributed by atoms with van der Waals surface area (Å²) in [6.45, 7) is 2.50. The summed E-state index contributed by atoms with van der Waals surface area (Å²) >= 11 is 12.2. The molecule has 3 aromatic carbocycles. The van der Waals surface area contributed by atoms with Gasteiger partial charge in [0.25, 0.3) is 0 Å². The molecule has 0 heterocycles. The fourth-order valence-electron chi connectivity index (χ4n) is 2.61. The minimum Gasteiger partial charge on any atom is -0.488 e. The molecule has 0 radical (unpaired) electrons. The molecule has 0 bridgehead atoms. The zero-order valence-corrected chi connectivity index (χ0v) is 16.3. The van der Waals surface area contributed by atoms with E-state index < -0.39 is 0 Å². The molecule has 0 unspecified atom stereocenters. The summed E-state index contributed by atoms with van der Waals surface area (Å²) in [5, 5.41) is 10.6. The lowest BCUT2D eigenvalue weighted by molar-refractivity contribution is 0.305. The SMILES string of the molecule is Cc1ccc(COc2ccccc2/C=C(\C#N)c2ccc(Cl)cc2Cl)cc1. The van der Waals surface area contributed by atoms with E-state index in [0.717, 1.165) is 11.1 Å². The van der Waals surface area contributed by atoms with E-state index in [4.69, 9.17) is 27.9 Å². The van der Waals surface area contributed by atoms with Gasteiger partial charge < -0.3 is 4.74 Å². The van der Waals surface area contributed by atoms with E-state index >= 15 is 0 Å². The van der Waals surface area contributed by atoms with Crippen molar-refractivity contribution in [2.75, 3.05) is 0 Å². The van der Waals surface area contributed by atoms with E-state index in [-0.39, 0.29) is 0 Å². The zero-order valence-electron chi connectivity index (χ0n) is 14.7. The van der Waals surface area contributed by atoms with Gasteiger partial charge in [-0.2, -0.15) is 5.26 Å². The molecule has 27 heavy (non-hydrogen) atoms. The van der Waals surface area contributed by atoms with Gasteiger partial charge >= 0.3 is 0 Å². The van der Waals surface area contributed by atoms with Crippen molar-refractivity contribution in [3.63, 3.8) is 0 Å². The number of allylic oxidation sites excluding steroid dienone is 1. The van der Waals surface area contributed by atoms with Crippen molar-refractivity contribution in [2.45, 2.75) is 13.5 Å². The van der Waals surface area contributed by atoms with Crippen LogP contribution in [0.2, 0.25) is 10.0 Å². The molecule has 0 aromatic heterocycles. The second kappa shape index (κ2) is 8.77. The molecule has 3 rings (SSSR count). The van der Waals surface area contributed by atoms with Crippen LogP contribution in [0.4, 0.5) is 0 Å². The number of hydrogen-bond acceptors (Lipinski definition) is 2. The van der Waals surface area contributed by atoms with Crippen molar-refractivity contribution in [3.8, 4) is 11.8 Å². The maximum Gasteiger partial charge on any atom is 0.127 e. The Morgan fingerprint density at radius 1 is 1.04 bits per heavy atom. The Labute approximate surface area is 169 Å². The Bertz CT molecular complexity index is 1020. The number of ether oxygens (including phenoxy) is 1.